The largest absolute Gasteiger partial charge is 0.462 e. The minimum Gasteiger partial charge on any atom is -0.462 e. The van der Waals surface area contributed by atoms with Crippen molar-refractivity contribution < 1.29 is 9.53 Å². The highest BCUT2D eigenvalue weighted by Crippen LogP contribution is 2.34. The van der Waals surface area contributed by atoms with Gasteiger partial charge in [-0.3, -0.25) is 4.98 Å². The number of rotatable bonds is 2. The van der Waals surface area contributed by atoms with E-state index in [2.05, 4.69) is 26.0 Å². The summed E-state index contributed by atoms with van der Waals surface area (Å²) >= 11 is 0. The van der Waals surface area contributed by atoms with Crippen LogP contribution in [0.25, 0.3) is 11.3 Å². The smallest absolute Gasteiger partial charge is 0.339 e. The number of hydrogen-bond donors (Lipinski definition) is 0. The van der Waals surface area contributed by atoms with E-state index in [9.17, 15) is 4.79 Å². The van der Waals surface area contributed by atoms with Crippen LogP contribution in [0.15, 0.2) is 18.2 Å². The van der Waals surface area contributed by atoms with Gasteiger partial charge in [-0.15, -0.1) is 0 Å². The van der Waals surface area contributed by atoms with Gasteiger partial charge in [0.1, 0.15) is 0 Å². The second-order valence-corrected chi connectivity index (χ2v) is 6.30. The van der Waals surface area contributed by atoms with E-state index in [1.807, 2.05) is 19.9 Å². The Morgan fingerprint density at radius 1 is 1.09 bits per heavy atom. The van der Waals surface area contributed by atoms with Crippen molar-refractivity contribution in [1.82, 2.24) is 4.98 Å². The van der Waals surface area contributed by atoms with Gasteiger partial charge in [-0.25, -0.2) is 4.79 Å². The minimum absolute atomic E-state index is 0.273. The van der Waals surface area contributed by atoms with Gasteiger partial charge >= 0.3 is 5.97 Å². The maximum absolute atomic E-state index is 12.1. The van der Waals surface area contributed by atoms with Crippen LogP contribution in [0.1, 0.15) is 51.7 Å². The van der Waals surface area contributed by atoms with Crippen LogP contribution in [0.4, 0.5) is 0 Å². The van der Waals surface area contributed by atoms with Gasteiger partial charge < -0.3 is 4.74 Å². The topological polar surface area (TPSA) is 39.2 Å². The summed E-state index contributed by atoms with van der Waals surface area (Å²) in [5, 5.41) is 0. The fourth-order valence-corrected chi connectivity index (χ4v) is 3.26. The highest BCUT2D eigenvalue weighted by Gasteiger charge is 2.21. The number of aryl methyl sites for hydroxylation is 5. The van der Waals surface area contributed by atoms with Gasteiger partial charge in [0.2, 0.25) is 0 Å². The van der Waals surface area contributed by atoms with Crippen LogP contribution < -0.4 is 0 Å². The van der Waals surface area contributed by atoms with E-state index in [1.165, 1.54) is 22.3 Å². The van der Waals surface area contributed by atoms with Crippen LogP contribution in [-0.2, 0) is 17.6 Å². The third kappa shape index (κ3) is 2.88. The average Bonchev–Trinajstić information content (AvgIpc) is 2.67. The molecule has 1 aliphatic carbocycles. The highest BCUT2D eigenvalue weighted by molar-refractivity contribution is 5.91. The first-order valence-electron chi connectivity index (χ1n) is 8.29. The van der Waals surface area contributed by atoms with Crippen LogP contribution in [0, 0.1) is 20.8 Å². The van der Waals surface area contributed by atoms with Gasteiger partial charge in [0.15, 0.2) is 0 Å². The molecular formula is C20H23NO2. The first kappa shape index (κ1) is 15.7. The van der Waals surface area contributed by atoms with Crippen molar-refractivity contribution in [3.63, 3.8) is 0 Å². The zero-order chi connectivity index (χ0) is 16.6. The third-order valence-electron chi connectivity index (χ3n) is 4.65. The summed E-state index contributed by atoms with van der Waals surface area (Å²) in [6, 6.07) is 6.52. The summed E-state index contributed by atoms with van der Waals surface area (Å²) in [5.41, 5.74) is 8.72. The first-order chi connectivity index (χ1) is 11.0. The molecule has 1 aromatic carbocycles. The fourth-order valence-electron chi connectivity index (χ4n) is 3.26. The summed E-state index contributed by atoms with van der Waals surface area (Å²) in [5.74, 6) is -0.273. The molecule has 0 saturated heterocycles. The zero-order valence-corrected chi connectivity index (χ0v) is 14.3. The SMILES string of the molecule is CCOC(=O)c1cc2c(nc1C)-c1cc(C)c(C)cc1CCC2. The van der Waals surface area contributed by atoms with E-state index in [0.717, 1.165) is 36.2 Å². The third-order valence-corrected chi connectivity index (χ3v) is 4.65. The maximum atomic E-state index is 12.1. The summed E-state index contributed by atoms with van der Waals surface area (Å²) in [7, 11) is 0. The lowest BCUT2D eigenvalue weighted by molar-refractivity contribution is 0.0525. The van der Waals surface area contributed by atoms with Crippen molar-refractivity contribution in [3.05, 3.63) is 51.7 Å². The number of esters is 1. The van der Waals surface area contributed by atoms with Gasteiger partial charge in [-0.05, 0) is 81.3 Å². The number of carbonyl (C=O) groups is 1. The van der Waals surface area contributed by atoms with Crippen LogP contribution in [0.2, 0.25) is 0 Å². The Bertz CT molecular complexity index is 778. The van der Waals surface area contributed by atoms with Crippen molar-refractivity contribution >= 4 is 5.97 Å². The number of ether oxygens (including phenoxy) is 1. The van der Waals surface area contributed by atoms with Crippen LogP contribution in [-0.4, -0.2) is 17.6 Å². The van der Waals surface area contributed by atoms with Gasteiger partial charge in [0, 0.05) is 5.56 Å². The molecule has 0 saturated carbocycles. The normalized spacial score (nSPS) is 13.0. The maximum Gasteiger partial charge on any atom is 0.339 e. The van der Waals surface area contributed by atoms with E-state index < -0.39 is 0 Å². The molecule has 1 aliphatic rings. The molecule has 2 aromatic rings. The molecule has 3 heteroatoms. The predicted molar refractivity (Wildman–Crippen MR) is 91.9 cm³/mol. The van der Waals surface area contributed by atoms with Crippen molar-refractivity contribution in [1.29, 1.82) is 0 Å². The second-order valence-electron chi connectivity index (χ2n) is 6.30. The van der Waals surface area contributed by atoms with Gasteiger partial charge in [-0.2, -0.15) is 0 Å². The van der Waals surface area contributed by atoms with Gasteiger partial charge in [0.05, 0.1) is 23.6 Å². The van der Waals surface area contributed by atoms with E-state index in [-0.39, 0.29) is 5.97 Å². The molecule has 0 bridgehead atoms. The van der Waals surface area contributed by atoms with Crippen LogP contribution >= 0.6 is 0 Å². The Labute approximate surface area is 137 Å². The zero-order valence-electron chi connectivity index (χ0n) is 14.3. The Morgan fingerprint density at radius 2 is 1.78 bits per heavy atom. The number of hydrogen-bond acceptors (Lipinski definition) is 3. The fraction of sp³-hybridized carbons (Fsp3) is 0.400. The lowest BCUT2D eigenvalue weighted by Gasteiger charge is -2.14. The molecule has 0 radical (unpaired) electrons. The lowest BCUT2D eigenvalue weighted by atomic mass is 9.95. The number of fused-ring (bicyclic) bond motifs is 3. The number of pyridine rings is 1. The molecule has 0 amide bonds. The van der Waals surface area contributed by atoms with Crippen molar-refractivity contribution in [3.8, 4) is 11.3 Å². The summed E-state index contributed by atoms with van der Waals surface area (Å²) < 4.78 is 5.16. The Balaban J connectivity index is 2.16. The van der Waals surface area contributed by atoms with E-state index in [4.69, 9.17) is 9.72 Å². The number of carbonyl (C=O) groups excluding carboxylic acids is 1. The predicted octanol–water partition coefficient (Wildman–Crippen LogP) is 4.34. The van der Waals surface area contributed by atoms with Crippen molar-refractivity contribution in [2.45, 2.75) is 47.0 Å². The number of aromatic nitrogens is 1. The average molecular weight is 309 g/mol. The molecule has 0 spiro atoms. The number of nitrogens with zero attached hydrogens (tertiary/aromatic N) is 1. The second kappa shape index (κ2) is 6.15. The molecule has 0 unspecified atom stereocenters. The van der Waals surface area contributed by atoms with E-state index in [0.29, 0.717) is 12.2 Å². The Hall–Kier alpha value is -2.16. The summed E-state index contributed by atoms with van der Waals surface area (Å²) in [6.45, 7) is 8.39. The molecule has 3 nitrogen and oxygen atoms in total. The molecular weight excluding hydrogens is 286 g/mol. The molecule has 1 heterocycles. The Kier molecular flexibility index (Phi) is 4.20. The summed E-state index contributed by atoms with van der Waals surface area (Å²) in [4.78, 5) is 16.9. The summed E-state index contributed by atoms with van der Waals surface area (Å²) in [6.07, 6.45) is 3.08. The molecule has 23 heavy (non-hydrogen) atoms. The van der Waals surface area contributed by atoms with E-state index in [1.54, 1.807) is 0 Å². The molecule has 120 valence electrons. The molecule has 3 rings (SSSR count). The molecule has 0 N–H and O–H groups in total. The van der Waals surface area contributed by atoms with Crippen LogP contribution in [0.5, 0.6) is 0 Å². The lowest BCUT2D eigenvalue weighted by Crippen LogP contribution is -2.10. The Morgan fingerprint density at radius 3 is 2.52 bits per heavy atom. The quantitative estimate of drug-likeness (QED) is 0.775. The molecule has 0 fully saturated rings. The van der Waals surface area contributed by atoms with Crippen LogP contribution in [0.3, 0.4) is 0 Å². The highest BCUT2D eigenvalue weighted by atomic mass is 16.5. The van der Waals surface area contributed by atoms with Gasteiger partial charge in [0.25, 0.3) is 0 Å². The van der Waals surface area contributed by atoms with E-state index >= 15 is 0 Å². The molecule has 0 aliphatic heterocycles. The first-order valence-corrected chi connectivity index (χ1v) is 8.29. The monoisotopic (exact) mass is 309 g/mol. The molecule has 0 atom stereocenters. The molecule has 1 aromatic heterocycles. The van der Waals surface area contributed by atoms with Crippen molar-refractivity contribution in [2.75, 3.05) is 6.61 Å². The minimum atomic E-state index is -0.273. The number of benzene rings is 1. The van der Waals surface area contributed by atoms with Crippen molar-refractivity contribution in [2.24, 2.45) is 0 Å². The van der Waals surface area contributed by atoms with Gasteiger partial charge in [-0.1, -0.05) is 6.07 Å². The standard InChI is InChI=1S/C20H23NO2/c1-5-23-20(22)17-11-16-8-6-7-15-9-12(2)13(3)10-18(15)19(16)21-14(17)4/h9-11H,5-8H2,1-4H3.